The van der Waals surface area contributed by atoms with E-state index in [4.69, 9.17) is 28.5 Å². The average molecular weight is 336 g/mol. The lowest BCUT2D eigenvalue weighted by Crippen LogP contribution is -2.08. The van der Waals surface area contributed by atoms with Gasteiger partial charge < -0.3 is 5.32 Å². The number of anilines is 1. The van der Waals surface area contributed by atoms with Gasteiger partial charge in [0.2, 0.25) is 0 Å². The van der Waals surface area contributed by atoms with Crippen molar-refractivity contribution in [2.75, 3.05) is 5.32 Å². The fourth-order valence-electron chi connectivity index (χ4n) is 1.97. The first-order valence-corrected chi connectivity index (χ1v) is 7.08. The molecule has 0 aromatic heterocycles. The summed E-state index contributed by atoms with van der Waals surface area (Å²) in [5, 5.41) is 23.9. The van der Waals surface area contributed by atoms with E-state index in [1.807, 2.05) is 13.0 Å². The third-order valence-electron chi connectivity index (χ3n) is 3.14. The Morgan fingerprint density at radius 2 is 1.95 bits per heavy atom. The summed E-state index contributed by atoms with van der Waals surface area (Å²) < 4.78 is 0. The molecule has 0 saturated carbocycles. The van der Waals surface area contributed by atoms with Crippen LogP contribution in [0.5, 0.6) is 0 Å². The Labute approximate surface area is 137 Å². The van der Waals surface area contributed by atoms with Gasteiger partial charge >= 0.3 is 0 Å². The van der Waals surface area contributed by atoms with Crippen molar-refractivity contribution in [3.8, 4) is 6.07 Å². The highest BCUT2D eigenvalue weighted by Gasteiger charge is 2.17. The monoisotopic (exact) mass is 335 g/mol. The molecule has 0 saturated heterocycles. The van der Waals surface area contributed by atoms with Crippen LogP contribution in [0.3, 0.4) is 0 Å². The molecule has 0 fully saturated rings. The van der Waals surface area contributed by atoms with E-state index < -0.39 is 4.92 Å². The van der Waals surface area contributed by atoms with Crippen molar-refractivity contribution in [2.45, 2.75) is 13.0 Å². The van der Waals surface area contributed by atoms with Crippen LogP contribution >= 0.6 is 23.2 Å². The summed E-state index contributed by atoms with van der Waals surface area (Å²) in [5.41, 5.74) is 1.26. The molecule has 1 atom stereocenters. The highest BCUT2D eigenvalue weighted by molar-refractivity contribution is 6.42. The Morgan fingerprint density at radius 3 is 2.55 bits per heavy atom. The molecule has 0 radical (unpaired) electrons. The summed E-state index contributed by atoms with van der Waals surface area (Å²) in [4.78, 5) is 10.6. The molecule has 2 rings (SSSR count). The van der Waals surface area contributed by atoms with Crippen molar-refractivity contribution in [3.63, 3.8) is 0 Å². The zero-order valence-corrected chi connectivity index (χ0v) is 13.0. The number of nitrogens with one attached hydrogen (secondary N) is 1. The first-order chi connectivity index (χ1) is 10.4. The van der Waals surface area contributed by atoms with Crippen molar-refractivity contribution in [2.24, 2.45) is 0 Å². The maximum atomic E-state index is 11.1. The molecule has 0 bridgehead atoms. The summed E-state index contributed by atoms with van der Waals surface area (Å²) >= 11 is 11.9. The van der Waals surface area contributed by atoms with Crippen LogP contribution in [0.4, 0.5) is 11.4 Å². The molecule has 7 heteroatoms. The summed E-state index contributed by atoms with van der Waals surface area (Å²) in [6.45, 7) is 1.85. The van der Waals surface area contributed by atoms with Crippen molar-refractivity contribution in [3.05, 3.63) is 67.7 Å². The number of halogens is 2. The van der Waals surface area contributed by atoms with Gasteiger partial charge in [0, 0.05) is 12.1 Å². The average Bonchev–Trinajstić information content (AvgIpc) is 2.50. The van der Waals surface area contributed by atoms with E-state index >= 15 is 0 Å². The fraction of sp³-hybridized carbons (Fsp3) is 0.133. The molecule has 0 aliphatic carbocycles. The first kappa shape index (κ1) is 16.1. The summed E-state index contributed by atoms with van der Waals surface area (Å²) in [6, 6.07) is 11.1. The molecule has 2 aromatic carbocycles. The number of hydrogen-bond donors (Lipinski definition) is 1. The molecule has 0 amide bonds. The van der Waals surface area contributed by atoms with Crippen LogP contribution in [0, 0.1) is 21.4 Å². The molecule has 1 N–H and O–H groups in total. The largest absolute Gasteiger partial charge is 0.373 e. The maximum absolute atomic E-state index is 11.1. The summed E-state index contributed by atoms with van der Waals surface area (Å²) in [5.74, 6) is 0. The van der Waals surface area contributed by atoms with E-state index in [-0.39, 0.29) is 17.3 Å². The zero-order chi connectivity index (χ0) is 16.3. The van der Waals surface area contributed by atoms with Gasteiger partial charge in [0.15, 0.2) is 0 Å². The van der Waals surface area contributed by atoms with Crippen LogP contribution in [-0.4, -0.2) is 4.92 Å². The van der Waals surface area contributed by atoms with Crippen molar-refractivity contribution in [1.82, 2.24) is 0 Å². The number of benzene rings is 2. The second-order valence-corrected chi connectivity index (χ2v) is 5.45. The maximum Gasteiger partial charge on any atom is 0.293 e. The molecule has 1 unspecified atom stereocenters. The summed E-state index contributed by atoms with van der Waals surface area (Å²) in [6.07, 6.45) is 0. The van der Waals surface area contributed by atoms with Gasteiger partial charge in [0.25, 0.3) is 5.69 Å². The summed E-state index contributed by atoms with van der Waals surface area (Å²) in [7, 11) is 0. The van der Waals surface area contributed by atoms with Gasteiger partial charge in [-0.25, -0.2) is 0 Å². The number of nitriles is 1. The van der Waals surface area contributed by atoms with Crippen LogP contribution in [-0.2, 0) is 0 Å². The van der Waals surface area contributed by atoms with Gasteiger partial charge in [-0.1, -0.05) is 29.3 Å². The predicted octanol–water partition coefficient (Wildman–Crippen LogP) is 4.95. The number of nitro benzene ring substituents is 1. The molecule has 0 heterocycles. The predicted molar refractivity (Wildman–Crippen MR) is 86.3 cm³/mol. The van der Waals surface area contributed by atoms with Crippen LogP contribution < -0.4 is 5.32 Å². The lowest BCUT2D eigenvalue weighted by Gasteiger charge is -2.16. The lowest BCUT2D eigenvalue weighted by atomic mass is 10.1. The Morgan fingerprint density at radius 1 is 1.23 bits per heavy atom. The van der Waals surface area contributed by atoms with Crippen molar-refractivity contribution in [1.29, 1.82) is 5.26 Å². The van der Waals surface area contributed by atoms with E-state index in [1.54, 1.807) is 18.2 Å². The second-order valence-electron chi connectivity index (χ2n) is 4.64. The standard InChI is InChI=1S/C15H11Cl2N3O2/c1-9(11-3-4-12(16)13(17)7-11)19-14-5-2-10(8-18)6-15(14)20(21)22/h2-7,9,19H,1H3. The van der Waals surface area contributed by atoms with E-state index in [0.29, 0.717) is 15.7 Å². The Hall–Kier alpha value is -2.29. The second kappa shape index (κ2) is 6.65. The highest BCUT2D eigenvalue weighted by atomic mass is 35.5. The minimum atomic E-state index is -0.523. The fourth-order valence-corrected chi connectivity index (χ4v) is 2.28. The minimum Gasteiger partial charge on any atom is -0.373 e. The number of hydrogen-bond acceptors (Lipinski definition) is 4. The highest BCUT2D eigenvalue weighted by Crippen LogP contribution is 2.31. The first-order valence-electron chi connectivity index (χ1n) is 6.32. The lowest BCUT2D eigenvalue weighted by molar-refractivity contribution is -0.384. The molecular formula is C15H11Cl2N3O2. The normalized spacial score (nSPS) is 11.5. The van der Waals surface area contributed by atoms with Gasteiger partial charge in [0.1, 0.15) is 5.69 Å². The van der Waals surface area contributed by atoms with Gasteiger partial charge in [-0.05, 0) is 36.8 Å². The minimum absolute atomic E-state index is 0.147. The molecule has 112 valence electrons. The van der Waals surface area contributed by atoms with E-state index in [0.717, 1.165) is 5.56 Å². The zero-order valence-electron chi connectivity index (χ0n) is 11.5. The van der Waals surface area contributed by atoms with Crippen LogP contribution in [0.15, 0.2) is 36.4 Å². The molecule has 0 aliphatic rings. The van der Waals surface area contributed by atoms with Crippen LogP contribution in [0.2, 0.25) is 10.0 Å². The molecule has 0 spiro atoms. The van der Waals surface area contributed by atoms with Gasteiger partial charge in [-0.2, -0.15) is 5.26 Å². The Bertz CT molecular complexity index is 772. The van der Waals surface area contributed by atoms with Crippen molar-refractivity contribution >= 4 is 34.6 Å². The van der Waals surface area contributed by atoms with E-state index in [2.05, 4.69) is 5.32 Å². The molecule has 2 aromatic rings. The van der Waals surface area contributed by atoms with Gasteiger partial charge in [0.05, 0.1) is 26.6 Å². The molecule has 0 aliphatic heterocycles. The quantitative estimate of drug-likeness (QED) is 0.633. The third-order valence-corrected chi connectivity index (χ3v) is 3.88. The van der Waals surface area contributed by atoms with E-state index in [9.17, 15) is 10.1 Å². The van der Waals surface area contributed by atoms with Crippen LogP contribution in [0.1, 0.15) is 24.1 Å². The van der Waals surface area contributed by atoms with Crippen molar-refractivity contribution < 1.29 is 4.92 Å². The van der Waals surface area contributed by atoms with Gasteiger partial charge in [-0.15, -0.1) is 0 Å². The molecular weight excluding hydrogens is 325 g/mol. The van der Waals surface area contributed by atoms with E-state index in [1.165, 1.54) is 18.2 Å². The smallest absolute Gasteiger partial charge is 0.293 e. The molecule has 5 nitrogen and oxygen atoms in total. The Kier molecular flexibility index (Phi) is 4.86. The SMILES string of the molecule is CC(Nc1ccc(C#N)cc1[N+](=O)[O-])c1ccc(Cl)c(Cl)c1. The number of nitrogens with zero attached hydrogens (tertiary/aromatic N) is 2. The Balaban J connectivity index is 2.31. The number of rotatable bonds is 4. The van der Waals surface area contributed by atoms with Gasteiger partial charge in [-0.3, -0.25) is 10.1 Å². The topological polar surface area (TPSA) is 79.0 Å². The third kappa shape index (κ3) is 3.48. The molecule has 22 heavy (non-hydrogen) atoms. The number of nitro groups is 1. The van der Waals surface area contributed by atoms with Crippen LogP contribution in [0.25, 0.3) is 0 Å².